The lowest BCUT2D eigenvalue weighted by Gasteiger charge is -2.34. The van der Waals surface area contributed by atoms with Gasteiger partial charge in [0, 0.05) is 73.0 Å². The Labute approximate surface area is 199 Å². The predicted octanol–water partition coefficient (Wildman–Crippen LogP) is 4.21. The van der Waals surface area contributed by atoms with Gasteiger partial charge in [-0.2, -0.15) is 0 Å². The highest BCUT2D eigenvalue weighted by atomic mass is 35.5. The topological polar surface area (TPSA) is 49.0 Å². The summed E-state index contributed by atoms with van der Waals surface area (Å²) in [6.45, 7) is 5.88. The lowest BCUT2D eigenvalue weighted by Crippen LogP contribution is -2.42. The van der Waals surface area contributed by atoms with Gasteiger partial charge in [0.1, 0.15) is 12.2 Å². The molecule has 6 nitrogen and oxygen atoms in total. The molecule has 0 saturated carbocycles. The molecule has 3 aliphatic heterocycles. The molecule has 1 aromatic carbocycles. The number of piperidine rings is 1. The van der Waals surface area contributed by atoms with Crippen molar-refractivity contribution in [3.8, 4) is 0 Å². The minimum Gasteiger partial charge on any atom is -0.368 e. The summed E-state index contributed by atoms with van der Waals surface area (Å²) in [7, 11) is 1.54. The van der Waals surface area contributed by atoms with Crippen molar-refractivity contribution in [3.05, 3.63) is 70.0 Å². The number of nitrogens with zero attached hydrogens (tertiary/aromatic N) is 2. The van der Waals surface area contributed by atoms with Crippen molar-refractivity contribution in [1.29, 1.82) is 0 Å². The number of rotatable bonds is 5. The third-order valence-electron chi connectivity index (χ3n) is 6.52. The van der Waals surface area contributed by atoms with E-state index in [1.54, 1.807) is 7.11 Å². The molecular formula is C24H29ClN4O2S. The van der Waals surface area contributed by atoms with Crippen LogP contribution in [0.15, 0.2) is 53.9 Å². The number of dihydropyridines is 1. The maximum atomic E-state index is 6.54. The fraction of sp³-hybridized carbons (Fsp3) is 0.417. The van der Waals surface area contributed by atoms with E-state index in [9.17, 15) is 0 Å². The molecule has 0 radical (unpaired) electrons. The van der Waals surface area contributed by atoms with Gasteiger partial charge >= 0.3 is 0 Å². The minimum absolute atomic E-state index is 0.447. The van der Waals surface area contributed by atoms with Crippen molar-refractivity contribution >= 4 is 35.1 Å². The molecule has 2 saturated heterocycles. The second kappa shape index (κ2) is 10.0. The fourth-order valence-electron chi connectivity index (χ4n) is 5.01. The Morgan fingerprint density at radius 3 is 2.69 bits per heavy atom. The number of halogens is 1. The number of piperazine rings is 1. The van der Waals surface area contributed by atoms with E-state index in [0.717, 1.165) is 57.1 Å². The highest BCUT2D eigenvalue weighted by Gasteiger charge is 2.32. The standard InChI is InChI=1S/C24H29ClN4O2S/c1-30-31-32-29-11-6-17(7-12-29)23-20-5-4-19(25)16-21(20)22(28-13-9-26-10-14-28)15-18-3-2-8-27-24(18)23/h2-5,8,15-17,26-27H,6-7,9-14H2,1H3. The molecule has 0 aromatic heterocycles. The molecule has 5 rings (SSSR count). The van der Waals surface area contributed by atoms with Crippen LogP contribution in [-0.4, -0.2) is 55.6 Å². The zero-order chi connectivity index (χ0) is 21.9. The molecule has 0 amide bonds. The summed E-state index contributed by atoms with van der Waals surface area (Å²) in [5.74, 6) is 0.447. The first-order chi connectivity index (χ1) is 15.7. The van der Waals surface area contributed by atoms with Crippen LogP contribution in [0.5, 0.6) is 0 Å². The molecule has 0 spiro atoms. The zero-order valence-electron chi connectivity index (χ0n) is 18.3. The van der Waals surface area contributed by atoms with Crippen molar-refractivity contribution in [1.82, 2.24) is 19.8 Å². The summed E-state index contributed by atoms with van der Waals surface area (Å²) in [5.41, 5.74) is 7.65. The Hall–Kier alpha value is -1.74. The first-order valence-corrected chi connectivity index (χ1v) is 12.3. The molecule has 3 heterocycles. The maximum Gasteiger partial charge on any atom is 0.121 e. The van der Waals surface area contributed by atoms with Gasteiger partial charge in [0.15, 0.2) is 0 Å². The molecule has 8 heteroatoms. The van der Waals surface area contributed by atoms with Crippen molar-refractivity contribution < 1.29 is 9.22 Å². The van der Waals surface area contributed by atoms with Gasteiger partial charge in [0.25, 0.3) is 0 Å². The van der Waals surface area contributed by atoms with Gasteiger partial charge in [-0.3, -0.25) is 0 Å². The minimum atomic E-state index is 0.447. The molecule has 1 aliphatic carbocycles. The first kappa shape index (κ1) is 22.1. The normalized spacial score (nSPS) is 22.0. The summed E-state index contributed by atoms with van der Waals surface area (Å²) < 4.78 is 7.30. The van der Waals surface area contributed by atoms with Gasteiger partial charge in [-0.25, -0.2) is 9.19 Å². The Morgan fingerprint density at radius 1 is 1.09 bits per heavy atom. The Bertz CT molecular complexity index is 976. The van der Waals surface area contributed by atoms with Gasteiger partial charge < -0.3 is 15.5 Å². The first-order valence-electron chi connectivity index (χ1n) is 11.2. The van der Waals surface area contributed by atoms with E-state index < -0.39 is 0 Å². The van der Waals surface area contributed by atoms with Crippen LogP contribution in [0.4, 0.5) is 0 Å². The van der Waals surface area contributed by atoms with Crippen LogP contribution >= 0.6 is 23.8 Å². The lowest BCUT2D eigenvalue weighted by atomic mass is 9.82. The molecule has 170 valence electrons. The van der Waals surface area contributed by atoms with E-state index in [2.05, 4.69) is 50.2 Å². The number of hydrogen-bond acceptors (Lipinski definition) is 7. The van der Waals surface area contributed by atoms with E-state index in [4.69, 9.17) is 20.8 Å². The molecule has 0 atom stereocenters. The van der Waals surface area contributed by atoms with Crippen LogP contribution < -0.4 is 10.6 Å². The Morgan fingerprint density at radius 2 is 1.91 bits per heavy atom. The van der Waals surface area contributed by atoms with Crippen molar-refractivity contribution in [2.75, 3.05) is 46.4 Å². The molecule has 32 heavy (non-hydrogen) atoms. The zero-order valence-corrected chi connectivity index (χ0v) is 19.8. The third kappa shape index (κ3) is 4.51. The van der Waals surface area contributed by atoms with Crippen molar-refractivity contribution in [3.63, 3.8) is 0 Å². The fourth-order valence-corrected chi connectivity index (χ4v) is 5.69. The van der Waals surface area contributed by atoms with E-state index in [0.29, 0.717) is 5.92 Å². The van der Waals surface area contributed by atoms with E-state index in [-0.39, 0.29) is 0 Å². The summed E-state index contributed by atoms with van der Waals surface area (Å²) in [4.78, 5) is 7.25. The van der Waals surface area contributed by atoms with Gasteiger partial charge in [-0.1, -0.05) is 23.7 Å². The largest absolute Gasteiger partial charge is 0.368 e. The highest BCUT2D eigenvalue weighted by Crippen LogP contribution is 2.44. The molecule has 0 unspecified atom stereocenters. The van der Waals surface area contributed by atoms with Crippen molar-refractivity contribution in [2.24, 2.45) is 5.92 Å². The number of allylic oxidation sites excluding steroid dienone is 4. The van der Waals surface area contributed by atoms with Gasteiger partial charge in [0.2, 0.25) is 0 Å². The predicted molar refractivity (Wildman–Crippen MR) is 131 cm³/mol. The monoisotopic (exact) mass is 472 g/mol. The molecule has 2 fully saturated rings. The van der Waals surface area contributed by atoms with E-state index in [1.165, 1.54) is 45.9 Å². The SMILES string of the molecule is COOSN1CCC(C2=C3NC=CC=C3C=C(N3CCNCC3)c3cc(Cl)ccc32)CC1. The van der Waals surface area contributed by atoms with Gasteiger partial charge in [-0.05, 0) is 54.2 Å². The molecule has 0 bridgehead atoms. The number of benzene rings is 1. The summed E-state index contributed by atoms with van der Waals surface area (Å²) in [5, 5.41) is 7.84. The number of fused-ring (bicyclic) bond motifs is 2. The molecule has 4 aliphatic rings. The van der Waals surface area contributed by atoms with Crippen molar-refractivity contribution in [2.45, 2.75) is 12.8 Å². The third-order valence-corrected chi connectivity index (χ3v) is 7.53. The van der Waals surface area contributed by atoms with E-state index >= 15 is 0 Å². The highest BCUT2D eigenvalue weighted by molar-refractivity contribution is 7.92. The Kier molecular flexibility index (Phi) is 6.92. The second-order valence-corrected chi connectivity index (χ2v) is 9.62. The van der Waals surface area contributed by atoms with Crippen LogP contribution in [0.25, 0.3) is 11.3 Å². The van der Waals surface area contributed by atoms with Crippen LogP contribution in [0.1, 0.15) is 24.0 Å². The smallest absolute Gasteiger partial charge is 0.121 e. The number of nitrogens with one attached hydrogen (secondary N) is 2. The van der Waals surface area contributed by atoms with E-state index in [1.807, 2.05) is 12.3 Å². The van der Waals surface area contributed by atoms with Crippen LogP contribution in [0.3, 0.4) is 0 Å². The summed E-state index contributed by atoms with van der Waals surface area (Å²) in [6.07, 6.45) is 10.8. The molecular weight excluding hydrogens is 444 g/mol. The lowest BCUT2D eigenvalue weighted by molar-refractivity contribution is -0.163. The quantitative estimate of drug-likeness (QED) is 0.288. The molecule has 1 aromatic rings. The van der Waals surface area contributed by atoms with Gasteiger partial charge in [-0.15, -0.1) is 4.33 Å². The van der Waals surface area contributed by atoms with Gasteiger partial charge in [0.05, 0.1) is 7.11 Å². The molecule has 2 N–H and O–H groups in total. The van der Waals surface area contributed by atoms with Crippen LogP contribution in [-0.2, 0) is 9.22 Å². The van der Waals surface area contributed by atoms with Crippen LogP contribution in [0.2, 0.25) is 5.02 Å². The second-order valence-electron chi connectivity index (χ2n) is 8.38. The average Bonchev–Trinajstić information content (AvgIpc) is 2.98. The number of hydrogen-bond donors (Lipinski definition) is 2. The summed E-state index contributed by atoms with van der Waals surface area (Å²) in [6, 6.07) is 6.39. The summed E-state index contributed by atoms with van der Waals surface area (Å²) >= 11 is 7.83. The van der Waals surface area contributed by atoms with Crippen LogP contribution in [0, 0.1) is 5.92 Å². The average molecular weight is 473 g/mol. The maximum absolute atomic E-state index is 6.54. The Balaban J connectivity index is 1.55.